The van der Waals surface area contributed by atoms with Gasteiger partial charge in [-0.1, -0.05) is 46.0 Å². The van der Waals surface area contributed by atoms with E-state index in [1.54, 1.807) is 0 Å². The summed E-state index contributed by atoms with van der Waals surface area (Å²) in [6, 6.07) is 4.40. The van der Waals surface area contributed by atoms with Crippen molar-refractivity contribution >= 4 is 0 Å². The Balaban J connectivity index is 1.78. The van der Waals surface area contributed by atoms with Gasteiger partial charge in [-0.2, -0.15) is 10.2 Å². The summed E-state index contributed by atoms with van der Waals surface area (Å²) in [6.07, 6.45) is 13.3. The second kappa shape index (κ2) is 8.39. The third-order valence-corrected chi connectivity index (χ3v) is 4.73. The van der Waals surface area contributed by atoms with Crippen molar-refractivity contribution in [3.63, 3.8) is 0 Å². The summed E-state index contributed by atoms with van der Waals surface area (Å²) in [6.45, 7) is 4.48. The fourth-order valence-corrected chi connectivity index (χ4v) is 3.41. The van der Waals surface area contributed by atoms with Crippen LogP contribution in [0.5, 0.6) is 0 Å². The fraction of sp³-hybridized carbons (Fsp3) is 0.778. The highest BCUT2D eigenvalue weighted by Crippen LogP contribution is 2.36. The van der Waals surface area contributed by atoms with Gasteiger partial charge in [0.15, 0.2) is 0 Å². The molecule has 0 spiro atoms. The summed E-state index contributed by atoms with van der Waals surface area (Å²) < 4.78 is 0. The number of aryl methyl sites for hydroxylation is 1. The zero-order chi connectivity index (χ0) is 14.2. The number of rotatable bonds is 7. The van der Waals surface area contributed by atoms with Crippen LogP contribution in [0.25, 0.3) is 0 Å². The van der Waals surface area contributed by atoms with Gasteiger partial charge in [-0.05, 0) is 50.2 Å². The van der Waals surface area contributed by atoms with Crippen LogP contribution >= 0.6 is 0 Å². The van der Waals surface area contributed by atoms with E-state index in [4.69, 9.17) is 0 Å². The Bertz CT molecular complexity index is 364. The van der Waals surface area contributed by atoms with E-state index in [9.17, 15) is 0 Å². The highest BCUT2D eigenvalue weighted by molar-refractivity contribution is 5.12. The average Bonchev–Trinajstić information content (AvgIpc) is 2.49. The Kier molecular flexibility index (Phi) is 6.49. The molecule has 1 aliphatic rings. The Hall–Kier alpha value is -0.920. The smallest absolute Gasteiger partial charge is 0.0662 e. The molecule has 1 heterocycles. The first kappa shape index (κ1) is 15.5. The molecule has 2 heteroatoms. The lowest BCUT2D eigenvalue weighted by Crippen LogP contribution is -2.15. The van der Waals surface area contributed by atoms with Crippen LogP contribution in [0.2, 0.25) is 0 Å². The molecule has 0 atom stereocenters. The van der Waals surface area contributed by atoms with Gasteiger partial charge in [0, 0.05) is 5.92 Å². The van der Waals surface area contributed by atoms with Crippen LogP contribution in [-0.4, -0.2) is 10.2 Å². The highest BCUT2D eigenvalue weighted by Gasteiger charge is 2.23. The molecule has 112 valence electrons. The lowest BCUT2D eigenvalue weighted by atomic mass is 9.78. The normalized spacial score (nSPS) is 22.9. The molecule has 0 bridgehead atoms. The van der Waals surface area contributed by atoms with Crippen molar-refractivity contribution < 1.29 is 0 Å². The van der Waals surface area contributed by atoms with Crippen molar-refractivity contribution in [3.05, 3.63) is 23.5 Å². The van der Waals surface area contributed by atoms with Crippen LogP contribution < -0.4 is 0 Å². The van der Waals surface area contributed by atoms with Crippen LogP contribution in [0, 0.1) is 5.92 Å². The largest absolute Gasteiger partial charge is 0.155 e. The van der Waals surface area contributed by atoms with Crippen molar-refractivity contribution in [2.45, 2.75) is 84.0 Å². The van der Waals surface area contributed by atoms with Gasteiger partial charge >= 0.3 is 0 Å². The number of hydrogen-bond acceptors (Lipinski definition) is 2. The maximum absolute atomic E-state index is 4.47. The van der Waals surface area contributed by atoms with Crippen LogP contribution in [0.4, 0.5) is 0 Å². The molecule has 2 nitrogen and oxygen atoms in total. The number of hydrogen-bond donors (Lipinski definition) is 0. The van der Waals surface area contributed by atoms with Gasteiger partial charge in [0.1, 0.15) is 0 Å². The SMILES string of the molecule is CCCCC[C@H]1CC[C@H](c2ccc(CCC)nn2)CC1. The molecule has 0 N–H and O–H groups in total. The number of unbranched alkanes of at least 4 members (excludes halogenated alkanes) is 2. The number of aromatic nitrogens is 2. The summed E-state index contributed by atoms with van der Waals surface area (Å²) >= 11 is 0. The predicted octanol–water partition coefficient (Wildman–Crippen LogP) is 5.28. The fourth-order valence-electron chi connectivity index (χ4n) is 3.41. The molecule has 0 aliphatic heterocycles. The maximum atomic E-state index is 4.47. The van der Waals surface area contributed by atoms with Crippen molar-refractivity contribution in [3.8, 4) is 0 Å². The zero-order valence-electron chi connectivity index (χ0n) is 13.3. The monoisotopic (exact) mass is 274 g/mol. The lowest BCUT2D eigenvalue weighted by Gasteiger charge is -2.28. The minimum absolute atomic E-state index is 0.667. The molecule has 1 fully saturated rings. The van der Waals surface area contributed by atoms with E-state index in [-0.39, 0.29) is 0 Å². The third kappa shape index (κ3) is 4.57. The van der Waals surface area contributed by atoms with E-state index in [0.717, 1.165) is 24.5 Å². The molecule has 0 radical (unpaired) electrons. The second-order valence-corrected chi connectivity index (χ2v) is 6.41. The maximum Gasteiger partial charge on any atom is 0.0662 e. The van der Waals surface area contributed by atoms with Crippen molar-refractivity contribution in [1.82, 2.24) is 10.2 Å². The zero-order valence-corrected chi connectivity index (χ0v) is 13.3. The van der Waals surface area contributed by atoms with Gasteiger partial charge < -0.3 is 0 Å². The van der Waals surface area contributed by atoms with Crippen molar-refractivity contribution in [1.29, 1.82) is 0 Å². The van der Waals surface area contributed by atoms with E-state index in [1.807, 2.05) is 0 Å². The molecular formula is C18H30N2. The molecule has 2 rings (SSSR count). The topological polar surface area (TPSA) is 25.8 Å². The molecular weight excluding hydrogens is 244 g/mol. The Morgan fingerprint density at radius 2 is 1.75 bits per heavy atom. The first-order chi connectivity index (χ1) is 9.83. The van der Waals surface area contributed by atoms with E-state index < -0.39 is 0 Å². The first-order valence-corrected chi connectivity index (χ1v) is 8.66. The van der Waals surface area contributed by atoms with Crippen molar-refractivity contribution in [2.24, 2.45) is 5.92 Å². The molecule has 1 aromatic heterocycles. The van der Waals surface area contributed by atoms with Gasteiger partial charge in [0.2, 0.25) is 0 Å². The van der Waals surface area contributed by atoms with Crippen LogP contribution in [0.15, 0.2) is 12.1 Å². The summed E-state index contributed by atoms with van der Waals surface area (Å²) in [5.41, 5.74) is 2.38. The van der Waals surface area contributed by atoms with Gasteiger partial charge in [-0.25, -0.2) is 0 Å². The Labute approximate surface area is 124 Å². The van der Waals surface area contributed by atoms with E-state index in [2.05, 4.69) is 36.2 Å². The average molecular weight is 274 g/mol. The Morgan fingerprint density at radius 3 is 2.35 bits per heavy atom. The minimum Gasteiger partial charge on any atom is -0.155 e. The molecule has 1 aromatic rings. The second-order valence-electron chi connectivity index (χ2n) is 6.41. The van der Waals surface area contributed by atoms with Gasteiger partial charge in [0.05, 0.1) is 11.4 Å². The van der Waals surface area contributed by atoms with Gasteiger partial charge in [0.25, 0.3) is 0 Å². The number of nitrogens with zero attached hydrogens (tertiary/aromatic N) is 2. The molecule has 0 aromatic carbocycles. The molecule has 1 saturated carbocycles. The Morgan fingerprint density at radius 1 is 0.950 bits per heavy atom. The van der Waals surface area contributed by atoms with Gasteiger partial charge in [-0.15, -0.1) is 0 Å². The molecule has 0 unspecified atom stereocenters. The van der Waals surface area contributed by atoms with E-state index >= 15 is 0 Å². The van der Waals surface area contributed by atoms with Crippen LogP contribution in [0.3, 0.4) is 0 Å². The van der Waals surface area contributed by atoms with Crippen LogP contribution in [0.1, 0.15) is 88.9 Å². The molecule has 0 amide bonds. The molecule has 20 heavy (non-hydrogen) atoms. The van der Waals surface area contributed by atoms with E-state index in [0.29, 0.717) is 5.92 Å². The van der Waals surface area contributed by atoms with Gasteiger partial charge in [-0.3, -0.25) is 0 Å². The van der Waals surface area contributed by atoms with Crippen LogP contribution in [-0.2, 0) is 6.42 Å². The lowest BCUT2D eigenvalue weighted by molar-refractivity contribution is 0.299. The first-order valence-electron chi connectivity index (χ1n) is 8.66. The van der Waals surface area contributed by atoms with Crippen molar-refractivity contribution in [2.75, 3.05) is 0 Å². The minimum atomic E-state index is 0.667. The van der Waals surface area contributed by atoms with E-state index in [1.165, 1.54) is 57.1 Å². The standard InChI is InChI=1S/C18H30N2/c1-3-5-6-8-15-9-11-16(12-10-15)18-14-13-17(7-4-2)19-20-18/h13-16H,3-12H2,1-2H3/t15-,16-. The summed E-state index contributed by atoms with van der Waals surface area (Å²) in [4.78, 5) is 0. The predicted molar refractivity (Wildman–Crippen MR) is 84.9 cm³/mol. The summed E-state index contributed by atoms with van der Waals surface area (Å²) in [5, 5.41) is 8.84. The quantitative estimate of drug-likeness (QED) is 0.632. The molecule has 0 saturated heterocycles. The molecule has 1 aliphatic carbocycles. The third-order valence-electron chi connectivity index (χ3n) is 4.73. The highest BCUT2D eigenvalue weighted by atomic mass is 15.1. The summed E-state index contributed by atoms with van der Waals surface area (Å²) in [5.74, 6) is 1.64. The summed E-state index contributed by atoms with van der Waals surface area (Å²) in [7, 11) is 0.